The van der Waals surface area contributed by atoms with Gasteiger partial charge in [-0.2, -0.15) is 5.10 Å². The van der Waals surface area contributed by atoms with E-state index in [9.17, 15) is 4.79 Å². The van der Waals surface area contributed by atoms with E-state index < -0.39 is 5.97 Å². The quantitative estimate of drug-likeness (QED) is 0.597. The first kappa shape index (κ1) is 13.4. The average molecular weight is 377 g/mol. The molecular weight excluding hydrogens is 367 g/mol. The Bertz CT molecular complexity index is 610. The Balaban J connectivity index is 2.60. The summed E-state index contributed by atoms with van der Waals surface area (Å²) in [6.07, 6.45) is 0. The Hall–Kier alpha value is -1.08. The third-order valence-corrected chi connectivity index (χ3v) is 4.11. The molecule has 2 aromatic rings. The molecular formula is C12H10ClIN2O2. The normalized spacial score (nSPS) is 10.4. The summed E-state index contributed by atoms with van der Waals surface area (Å²) in [4.78, 5) is 11.6. The second-order valence-electron chi connectivity index (χ2n) is 3.60. The van der Waals surface area contributed by atoms with Gasteiger partial charge >= 0.3 is 5.97 Å². The predicted molar refractivity (Wildman–Crippen MR) is 77.4 cm³/mol. The van der Waals surface area contributed by atoms with Crippen molar-refractivity contribution in [1.29, 1.82) is 0 Å². The number of hydrogen-bond acceptors (Lipinski definition) is 3. The van der Waals surface area contributed by atoms with Crippen LogP contribution in [0.25, 0.3) is 5.69 Å². The summed E-state index contributed by atoms with van der Waals surface area (Å²) < 4.78 is 7.11. The van der Waals surface area contributed by atoms with E-state index in [-0.39, 0.29) is 0 Å². The van der Waals surface area contributed by atoms with Crippen molar-refractivity contribution in [1.82, 2.24) is 9.78 Å². The SMILES string of the molecule is COC(=O)c1nn(-c2ccccc2Cl)c(C)c1I. The van der Waals surface area contributed by atoms with Gasteiger partial charge in [-0.15, -0.1) is 0 Å². The van der Waals surface area contributed by atoms with Gasteiger partial charge in [0, 0.05) is 0 Å². The number of ether oxygens (including phenoxy) is 1. The maximum Gasteiger partial charge on any atom is 0.359 e. The molecule has 0 radical (unpaired) electrons. The fourth-order valence-electron chi connectivity index (χ4n) is 1.57. The number of esters is 1. The Labute approximate surface area is 123 Å². The van der Waals surface area contributed by atoms with Gasteiger partial charge in [0.05, 0.1) is 27.1 Å². The summed E-state index contributed by atoms with van der Waals surface area (Å²) >= 11 is 8.20. The maximum atomic E-state index is 11.6. The molecule has 18 heavy (non-hydrogen) atoms. The van der Waals surface area contributed by atoms with Gasteiger partial charge in [-0.05, 0) is 41.6 Å². The summed E-state index contributed by atoms with van der Waals surface area (Å²) in [5.41, 5.74) is 1.89. The van der Waals surface area contributed by atoms with Gasteiger partial charge in [0.25, 0.3) is 0 Å². The molecule has 0 aliphatic heterocycles. The molecule has 6 heteroatoms. The molecule has 0 aliphatic rings. The Morgan fingerprint density at radius 1 is 1.44 bits per heavy atom. The molecule has 1 heterocycles. The van der Waals surface area contributed by atoms with E-state index in [1.54, 1.807) is 10.7 Å². The zero-order chi connectivity index (χ0) is 13.3. The van der Waals surface area contributed by atoms with Crippen LogP contribution in [0.1, 0.15) is 16.2 Å². The predicted octanol–water partition coefficient (Wildman–Crippen LogP) is 3.23. The number of hydrogen-bond donors (Lipinski definition) is 0. The number of carbonyl (C=O) groups is 1. The summed E-state index contributed by atoms with van der Waals surface area (Å²) in [6, 6.07) is 7.34. The summed E-state index contributed by atoms with van der Waals surface area (Å²) in [5.74, 6) is -0.451. The molecule has 94 valence electrons. The number of halogens is 2. The first-order valence-corrected chi connectivity index (χ1v) is 6.60. The standard InChI is InChI=1S/C12H10ClIN2O2/c1-7-10(14)11(12(17)18-2)15-16(7)9-6-4-3-5-8(9)13/h3-6H,1-2H3. The molecule has 0 fully saturated rings. The van der Waals surface area contributed by atoms with E-state index in [1.807, 2.05) is 25.1 Å². The Kier molecular flexibility index (Phi) is 3.91. The molecule has 0 amide bonds. The molecule has 0 saturated heterocycles. The molecule has 0 saturated carbocycles. The summed E-state index contributed by atoms with van der Waals surface area (Å²) in [7, 11) is 1.34. The van der Waals surface area contributed by atoms with E-state index in [4.69, 9.17) is 16.3 Å². The van der Waals surface area contributed by atoms with Crippen LogP contribution in [-0.2, 0) is 4.74 Å². The van der Waals surface area contributed by atoms with Crippen molar-refractivity contribution < 1.29 is 9.53 Å². The van der Waals surface area contributed by atoms with Crippen molar-refractivity contribution in [2.45, 2.75) is 6.92 Å². The van der Waals surface area contributed by atoms with Gasteiger partial charge in [0.1, 0.15) is 0 Å². The molecule has 1 aromatic carbocycles. The first-order valence-electron chi connectivity index (χ1n) is 5.14. The maximum absolute atomic E-state index is 11.6. The monoisotopic (exact) mass is 376 g/mol. The van der Waals surface area contributed by atoms with Gasteiger partial charge in [-0.3, -0.25) is 0 Å². The van der Waals surface area contributed by atoms with Crippen LogP contribution in [0.5, 0.6) is 0 Å². The molecule has 0 aliphatic carbocycles. The molecule has 0 atom stereocenters. The van der Waals surface area contributed by atoms with Gasteiger partial charge in [0.15, 0.2) is 5.69 Å². The van der Waals surface area contributed by atoms with Crippen LogP contribution in [0.2, 0.25) is 5.02 Å². The molecule has 0 spiro atoms. The van der Waals surface area contributed by atoms with E-state index in [0.29, 0.717) is 10.7 Å². The van der Waals surface area contributed by atoms with Crippen molar-refractivity contribution in [3.05, 3.63) is 44.2 Å². The molecule has 0 bridgehead atoms. The minimum atomic E-state index is -0.451. The van der Waals surface area contributed by atoms with E-state index >= 15 is 0 Å². The van der Waals surface area contributed by atoms with Crippen LogP contribution in [0.4, 0.5) is 0 Å². The third-order valence-electron chi connectivity index (χ3n) is 2.50. The highest BCUT2D eigenvalue weighted by Crippen LogP contribution is 2.25. The number of methoxy groups -OCH3 is 1. The minimum absolute atomic E-state index is 0.301. The second kappa shape index (κ2) is 5.27. The topological polar surface area (TPSA) is 44.1 Å². The Morgan fingerprint density at radius 3 is 2.72 bits per heavy atom. The number of aromatic nitrogens is 2. The number of rotatable bonds is 2. The van der Waals surface area contributed by atoms with Crippen LogP contribution in [0, 0.1) is 10.5 Å². The molecule has 4 nitrogen and oxygen atoms in total. The van der Waals surface area contributed by atoms with Crippen molar-refractivity contribution in [2.24, 2.45) is 0 Å². The van der Waals surface area contributed by atoms with Crippen LogP contribution >= 0.6 is 34.2 Å². The lowest BCUT2D eigenvalue weighted by Gasteiger charge is -2.05. The van der Waals surface area contributed by atoms with Gasteiger partial charge in [-0.1, -0.05) is 23.7 Å². The highest BCUT2D eigenvalue weighted by molar-refractivity contribution is 14.1. The number of nitrogens with zero attached hydrogens (tertiary/aromatic N) is 2. The molecule has 0 N–H and O–H groups in total. The van der Waals surface area contributed by atoms with Gasteiger partial charge in [0.2, 0.25) is 0 Å². The molecule has 0 unspecified atom stereocenters. The van der Waals surface area contributed by atoms with Crippen molar-refractivity contribution >= 4 is 40.2 Å². The highest BCUT2D eigenvalue weighted by atomic mass is 127. The average Bonchev–Trinajstić information content (AvgIpc) is 2.67. The third kappa shape index (κ3) is 2.24. The fourth-order valence-corrected chi connectivity index (χ4v) is 2.34. The van der Waals surface area contributed by atoms with Crippen LogP contribution in [0.15, 0.2) is 24.3 Å². The summed E-state index contributed by atoms with van der Waals surface area (Å²) in [5, 5.41) is 4.84. The second-order valence-corrected chi connectivity index (χ2v) is 5.09. The Morgan fingerprint density at radius 2 is 2.11 bits per heavy atom. The lowest BCUT2D eigenvalue weighted by Crippen LogP contribution is -2.05. The van der Waals surface area contributed by atoms with Crippen molar-refractivity contribution in [3.8, 4) is 5.69 Å². The number of para-hydroxylation sites is 1. The van der Waals surface area contributed by atoms with Gasteiger partial charge < -0.3 is 4.74 Å². The lowest BCUT2D eigenvalue weighted by atomic mass is 10.3. The molecule has 1 aromatic heterocycles. The van der Waals surface area contributed by atoms with Crippen molar-refractivity contribution in [2.75, 3.05) is 7.11 Å². The lowest BCUT2D eigenvalue weighted by molar-refractivity contribution is 0.0592. The highest BCUT2D eigenvalue weighted by Gasteiger charge is 2.20. The van der Waals surface area contributed by atoms with Crippen LogP contribution in [-0.4, -0.2) is 22.9 Å². The number of benzene rings is 1. The molecule has 2 rings (SSSR count). The van der Waals surface area contributed by atoms with Gasteiger partial charge in [-0.25, -0.2) is 9.48 Å². The largest absolute Gasteiger partial charge is 0.464 e. The van der Waals surface area contributed by atoms with E-state index in [1.165, 1.54) is 7.11 Å². The first-order chi connectivity index (χ1) is 8.56. The number of carbonyl (C=O) groups excluding carboxylic acids is 1. The fraction of sp³-hybridized carbons (Fsp3) is 0.167. The summed E-state index contributed by atoms with van der Waals surface area (Å²) in [6.45, 7) is 1.88. The van der Waals surface area contributed by atoms with Crippen LogP contribution < -0.4 is 0 Å². The van der Waals surface area contributed by atoms with E-state index in [2.05, 4.69) is 27.7 Å². The minimum Gasteiger partial charge on any atom is -0.464 e. The zero-order valence-corrected chi connectivity index (χ0v) is 12.7. The van der Waals surface area contributed by atoms with Crippen LogP contribution in [0.3, 0.4) is 0 Å². The van der Waals surface area contributed by atoms with Crippen molar-refractivity contribution in [3.63, 3.8) is 0 Å². The smallest absolute Gasteiger partial charge is 0.359 e. The van der Waals surface area contributed by atoms with E-state index in [0.717, 1.165) is 15.0 Å². The zero-order valence-electron chi connectivity index (χ0n) is 9.78.